The quantitative estimate of drug-likeness (QED) is 0.736. The topological polar surface area (TPSA) is 29.9 Å². The van der Waals surface area contributed by atoms with Crippen molar-refractivity contribution in [1.82, 2.24) is 15.1 Å². The summed E-state index contributed by atoms with van der Waals surface area (Å²) in [6.07, 6.45) is 6.59. The number of piperidine rings is 1. The Hall–Kier alpha value is -1.27. The molecule has 0 atom stereocenters. The Labute approximate surface area is 90.9 Å². The summed E-state index contributed by atoms with van der Waals surface area (Å²) in [7, 11) is 0. The second-order valence-electron chi connectivity index (χ2n) is 3.92. The van der Waals surface area contributed by atoms with E-state index in [1.165, 1.54) is 18.4 Å². The molecule has 0 unspecified atom stereocenters. The van der Waals surface area contributed by atoms with Gasteiger partial charge in [-0.15, -0.1) is 5.92 Å². The van der Waals surface area contributed by atoms with Crippen molar-refractivity contribution < 1.29 is 0 Å². The highest BCUT2D eigenvalue weighted by Crippen LogP contribution is 2.24. The van der Waals surface area contributed by atoms with E-state index in [1.807, 2.05) is 17.8 Å². The Morgan fingerprint density at radius 1 is 1.53 bits per heavy atom. The van der Waals surface area contributed by atoms with Gasteiger partial charge in [0.1, 0.15) is 6.54 Å². The molecule has 1 fully saturated rings. The average molecular weight is 203 g/mol. The van der Waals surface area contributed by atoms with Crippen molar-refractivity contribution in [2.24, 2.45) is 0 Å². The average Bonchev–Trinajstić information content (AvgIpc) is 2.76. The Bertz CT molecular complexity index is 364. The molecule has 1 aromatic heterocycles. The third kappa shape index (κ3) is 2.60. The molecule has 3 nitrogen and oxygen atoms in total. The maximum atomic E-state index is 4.32. The molecule has 2 rings (SSSR count). The Kier molecular flexibility index (Phi) is 3.41. The van der Waals surface area contributed by atoms with E-state index in [0.717, 1.165) is 13.1 Å². The van der Waals surface area contributed by atoms with Crippen LogP contribution >= 0.6 is 0 Å². The molecule has 0 spiro atoms. The Morgan fingerprint density at radius 3 is 3.07 bits per heavy atom. The van der Waals surface area contributed by atoms with Crippen molar-refractivity contribution in [2.75, 3.05) is 13.1 Å². The van der Waals surface area contributed by atoms with Gasteiger partial charge in [0.25, 0.3) is 0 Å². The second-order valence-corrected chi connectivity index (χ2v) is 3.92. The van der Waals surface area contributed by atoms with Gasteiger partial charge in [-0.05, 0) is 44.3 Å². The van der Waals surface area contributed by atoms with Crippen LogP contribution < -0.4 is 5.32 Å². The number of hydrogen-bond donors (Lipinski definition) is 1. The van der Waals surface area contributed by atoms with Crippen LogP contribution in [0.2, 0.25) is 0 Å². The third-order valence-corrected chi connectivity index (χ3v) is 2.88. The molecule has 1 aliphatic rings. The molecule has 1 aromatic rings. The zero-order valence-corrected chi connectivity index (χ0v) is 9.16. The van der Waals surface area contributed by atoms with E-state index >= 15 is 0 Å². The lowest BCUT2D eigenvalue weighted by atomic mass is 9.93. The van der Waals surface area contributed by atoms with E-state index in [9.17, 15) is 0 Å². The van der Waals surface area contributed by atoms with E-state index < -0.39 is 0 Å². The van der Waals surface area contributed by atoms with Crippen molar-refractivity contribution in [3.63, 3.8) is 0 Å². The van der Waals surface area contributed by atoms with Crippen molar-refractivity contribution >= 4 is 0 Å². The van der Waals surface area contributed by atoms with Crippen LogP contribution in [-0.4, -0.2) is 22.9 Å². The SMILES string of the molecule is CC#CCn1cc(C2CCNCC2)cn1. The molecule has 15 heavy (non-hydrogen) atoms. The normalized spacial score (nSPS) is 17.1. The van der Waals surface area contributed by atoms with E-state index in [1.54, 1.807) is 0 Å². The summed E-state index contributed by atoms with van der Waals surface area (Å²) < 4.78 is 1.92. The van der Waals surface area contributed by atoms with Gasteiger partial charge >= 0.3 is 0 Å². The highest BCUT2D eigenvalue weighted by Gasteiger charge is 2.16. The lowest BCUT2D eigenvalue weighted by molar-refractivity contribution is 0.460. The zero-order valence-electron chi connectivity index (χ0n) is 9.16. The summed E-state index contributed by atoms with van der Waals surface area (Å²) in [4.78, 5) is 0. The minimum Gasteiger partial charge on any atom is -0.317 e. The highest BCUT2D eigenvalue weighted by molar-refractivity contribution is 5.13. The largest absolute Gasteiger partial charge is 0.317 e. The summed E-state index contributed by atoms with van der Waals surface area (Å²) in [6.45, 7) is 4.83. The minimum absolute atomic E-state index is 0.689. The predicted molar refractivity (Wildman–Crippen MR) is 60.5 cm³/mol. The molecule has 80 valence electrons. The van der Waals surface area contributed by atoms with Gasteiger partial charge in [0.15, 0.2) is 0 Å². The van der Waals surface area contributed by atoms with Gasteiger partial charge in [0.05, 0.1) is 6.20 Å². The molecule has 0 bridgehead atoms. The molecule has 3 heteroatoms. The van der Waals surface area contributed by atoms with E-state index in [-0.39, 0.29) is 0 Å². The number of nitrogens with zero attached hydrogens (tertiary/aromatic N) is 2. The lowest BCUT2D eigenvalue weighted by Gasteiger charge is -2.21. The van der Waals surface area contributed by atoms with Gasteiger partial charge in [-0.25, -0.2) is 0 Å². The first-order chi connectivity index (χ1) is 7.40. The van der Waals surface area contributed by atoms with Gasteiger partial charge in [-0.1, -0.05) is 5.92 Å². The van der Waals surface area contributed by atoms with Crippen molar-refractivity contribution in [1.29, 1.82) is 0 Å². The van der Waals surface area contributed by atoms with Gasteiger partial charge < -0.3 is 5.32 Å². The fraction of sp³-hybridized carbons (Fsp3) is 0.583. The van der Waals surface area contributed by atoms with Crippen LogP contribution in [0.1, 0.15) is 31.2 Å². The van der Waals surface area contributed by atoms with Crippen LogP contribution in [0.15, 0.2) is 12.4 Å². The molecular weight excluding hydrogens is 186 g/mol. The van der Waals surface area contributed by atoms with Gasteiger partial charge in [0.2, 0.25) is 0 Å². The van der Waals surface area contributed by atoms with E-state index in [0.29, 0.717) is 12.5 Å². The lowest BCUT2D eigenvalue weighted by Crippen LogP contribution is -2.26. The Balaban J connectivity index is 2.01. The van der Waals surface area contributed by atoms with Crippen LogP contribution in [0.5, 0.6) is 0 Å². The molecule has 1 saturated heterocycles. The molecule has 1 N–H and O–H groups in total. The van der Waals surface area contributed by atoms with Gasteiger partial charge in [-0.2, -0.15) is 5.10 Å². The molecular formula is C12H17N3. The molecule has 1 aliphatic heterocycles. The second kappa shape index (κ2) is 4.99. The number of nitrogens with one attached hydrogen (secondary N) is 1. The summed E-state index contributed by atoms with van der Waals surface area (Å²) in [5.74, 6) is 6.59. The first kappa shape index (κ1) is 10.3. The van der Waals surface area contributed by atoms with E-state index in [2.05, 4.69) is 28.5 Å². The predicted octanol–water partition coefficient (Wildman–Crippen LogP) is 1.37. The molecule has 0 aromatic carbocycles. The van der Waals surface area contributed by atoms with E-state index in [4.69, 9.17) is 0 Å². The molecule has 0 amide bonds. The monoisotopic (exact) mass is 203 g/mol. The fourth-order valence-electron chi connectivity index (χ4n) is 1.99. The molecule has 2 heterocycles. The van der Waals surface area contributed by atoms with Crippen LogP contribution in [0.25, 0.3) is 0 Å². The third-order valence-electron chi connectivity index (χ3n) is 2.88. The maximum absolute atomic E-state index is 4.32. The smallest absolute Gasteiger partial charge is 0.102 e. The number of rotatable bonds is 2. The van der Waals surface area contributed by atoms with Crippen LogP contribution in [0.3, 0.4) is 0 Å². The minimum atomic E-state index is 0.689. The highest BCUT2D eigenvalue weighted by atomic mass is 15.3. The number of hydrogen-bond acceptors (Lipinski definition) is 2. The summed E-state index contributed by atoms with van der Waals surface area (Å²) in [5.41, 5.74) is 1.37. The van der Waals surface area contributed by atoms with Gasteiger partial charge in [-0.3, -0.25) is 4.68 Å². The van der Waals surface area contributed by atoms with Crippen LogP contribution in [-0.2, 0) is 6.54 Å². The first-order valence-corrected chi connectivity index (χ1v) is 5.53. The summed E-state index contributed by atoms with van der Waals surface area (Å²) in [6, 6.07) is 0. The first-order valence-electron chi connectivity index (χ1n) is 5.53. The summed E-state index contributed by atoms with van der Waals surface area (Å²) >= 11 is 0. The van der Waals surface area contributed by atoms with Crippen molar-refractivity contribution in [3.05, 3.63) is 18.0 Å². The van der Waals surface area contributed by atoms with Crippen LogP contribution in [0.4, 0.5) is 0 Å². The molecule has 0 radical (unpaired) electrons. The van der Waals surface area contributed by atoms with Crippen LogP contribution in [0, 0.1) is 11.8 Å². The van der Waals surface area contributed by atoms with Crippen molar-refractivity contribution in [3.8, 4) is 11.8 Å². The standard InChI is InChI=1S/C12H17N3/c1-2-3-8-15-10-12(9-14-15)11-4-6-13-7-5-11/h9-11,13H,4-8H2,1H3. The Morgan fingerprint density at radius 2 is 2.33 bits per heavy atom. The zero-order chi connectivity index (χ0) is 10.5. The number of aromatic nitrogens is 2. The molecule has 0 aliphatic carbocycles. The maximum Gasteiger partial charge on any atom is 0.102 e. The summed E-state index contributed by atoms with van der Waals surface area (Å²) in [5, 5.41) is 7.70. The molecule has 0 saturated carbocycles. The fourth-order valence-corrected chi connectivity index (χ4v) is 1.99. The van der Waals surface area contributed by atoms with Gasteiger partial charge in [0, 0.05) is 6.20 Å². The van der Waals surface area contributed by atoms with Crippen molar-refractivity contribution in [2.45, 2.75) is 32.2 Å².